The summed E-state index contributed by atoms with van der Waals surface area (Å²) < 4.78 is 7.28. The molecule has 2 amide bonds. The van der Waals surface area contributed by atoms with E-state index < -0.39 is 0 Å². The van der Waals surface area contributed by atoms with Gasteiger partial charge in [-0.25, -0.2) is 4.79 Å². The van der Waals surface area contributed by atoms with Crippen LogP contribution in [0.15, 0.2) is 72.9 Å². The maximum atomic E-state index is 12.6. The molecule has 136 valence electrons. The Morgan fingerprint density at radius 1 is 0.889 bits per heavy atom. The third-order valence-corrected chi connectivity index (χ3v) is 4.64. The largest absolute Gasteiger partial charge is 0.383 e. The minimum atomic E-state index is -0.261. The molecular weight excluding hydrogens is 338 g/mol. The predicted molar refractivity (Wildman–Crippen MR) is 110 cm³/mol. The van der Waals surface area contributed by atoms with Crippen molar-refractivity contribution in [2.24, 2.45) is 0 Å². The third kappa shape index (κ3) is 3.50. The van der Waals surface area contributed by atoms with Crippen LogP contribution in [-0.4, -0.2) is 24.3 Å². The first kappa shape index (κ1) is 17.1. The molecule has 5 nitrogen and oxygen atoms in total. The SMILES string of the molecule is COCCn1ccc2c(NC(=O)Nc3cccc4ccccc34)cccc21. The molecule has 3 aromatic carbocycles. The van der Waals surface area contributed by atoms with Gasteiger partial charge in [0.1, 0.15) is 0 Å². The van der Waals surface area contributed by atoms with E-state index in [1.165, 1.54) is 0 Å². The van der Waals surface area contributed by atoms with E-state index in [2.05, 4.69) is 15.2 Å². The predicted octanol–water partition coefficient (Wildman–Crippen LogP) is 5.08. The maximum absolute atomic E-state index is 12.6. The number of nitrogens with one attached hydrogen (secondary N) is 2. The molecule has 0 aliphatic heterocycles. The van der Waals surface area contributed by atoms with Gasteiger partial charge in [-0.15, -0.1) is 0 Å². The van der Waals surface area contributed by atoms with Gasteiger partial charge in [0.15, 0.2) is 0 Å². The lowest BCUT2D eigenvalue weighted by Crippen LogP contribution is -2.19. The Bertz CT molecular complexity index is 1100. The summed E-state index contributed by atoms with van der Waals surface area (Å²) >= 11 is 0. The van der Waals surface area contributed by atoms with E-state index in [0.29, 0.717) is 6.61 Å². The average molecular weight is 359 g/mol. The molecule has 0 spiro atoms. The van der Waals surface area contributed by atoms with E-state index in [1.807, 2.05) is 72.9 Å². The average Bonchev–Trinajstić information content (AvgIpc) is 3.11. The zero-order valence-electron chi connectivity index (χ0n) is 15.1. The normalized spacial score (nSPS) is 11.0. The van der Waals surface area contributed by atoms with Crippen LogP contribution in [0.25, 0.3) is 21.7 Å². The number of methoxy groups -OCH3 is 1. The van der Waals surface area contributed by atoms with Crippen molar-refractivity contribution in [3.63, 3.8) is 0 Å². The van der Waals surface area contributed by atoms with Gasteiger partial charge in [-0.3, -0.25) is 0 Å². The van der Waals surface area contributed by atoms with Gasteiger partial charge in [0.05, 0.1) is 23.5 Å². The van der Waals surface area contributed by atoms with Crippen LogP contribution in [0.5, 0.6) is 0 Å². The molecule has 0 fully saturated rings. The molecular formula is C22H21N3O2. The van der Waals surface area contributed by atoms with Gasteiger partial charge in [0.25, 0.3) is 0 Å². The van der Waals surface area contributed by atoms with E-state index in [-0.39, 0.29) is 6.03 Å². The van der Waals surface area contributed by atoms with Crippen LogP contribution >= 0.6 is 0 Å². The summed E-state index contributed by atoms with van der Waals surface area (Å²) in [6.45, 7) is 1.41. The number of nitrogens with zero attached hydrogens (tertiary/aromatic N) is 1. The number of carbonyl (C=O) groups is 1. The Labute approximate surface area is 157 Å². The first-order valence-corrected chi connectivity index (χ1v) is 8.89. The highest BCUT2D eigenvalue weighted by molar-refractivity contribution is 6.09. The lowest BCUT2D eigenvalue weighted by molar-refractivity contribution is 0.188. The molecule has 5 heteroatoms. The summed E-state index contributed by atoms with van der Waals surface area (Å²) in [4.78, 5) is 12.6. The van der Waals surface area contributed by atoms with Gasteiger partial charge in [0.2, 0.25) is 0 Å². The Kier molecular flexibility index (Phi) is 4.77. The second-order valence-electron chi connectivity index (χ2n) is 6.35. The van der Waals surface area contributed by atoms with Gasteiger partial charge in [-0.2, -0.15) is 0 Å². The number of hydrogen-bond donors (Lipinski definition) is 2. The van der Waals surface area contributed by atoms with Crippen molar-refractivity contribution in [2.45, 2.75) is 6.54 Å². The number of fused-ring (bicyclic) bond motifs is 2. The minimum absolute atomic E-state index is 0.261. The molecule has 0 unspecified atom stereocenters. The van der Waals surface area contributed by atoms with Crippen molar-refractivity contribution in [3.05, 3.63) is 72.9 Å². The lowest BCUT2D eigenvalue weighted by Gasteiger charge is -2.11. The number of ether oxygens (including phenoxy) is 1. The maximum Gasteiger partial charge on any atom is 0.323 e. The molecule has 0 saturated carbocycles. The molecule has 0 atom stereocenters. The molecule has 0 saturated heterocycles. The first-order chi connectivity index (χ1) is 13.3. The highest BCUT2D eigenvalue weighted by Gasteiger charge is 2.10. The molecule has 0 bridgehead atoms. The van der Waals surface area contributed by atoms with Crippen molar-refractivity contribution in [1.29, 1.82) is 0 Å². The second-order valence-corrected chi connectivity index (χ2v) is 6.35. The van der Waals surface area contributed by atoms with Crippen LogP contribution < -0.4 is 10.6 Å². The number of benzene rings is 3. The van der Waals surface area contributed by atoms with Crippen LogP contribution in [0.1, 0.15) is 0 Å². The minimum Gasteiger partial charge on any atom is -0.383 e. The Hall–Kier alpha value is -3.31. The van der Waals surface area contributed by atoms with E-state index >= 15 is 0 Å². The second kappa shape index (κ2) is 7.51. The van der Waals surface area contributed by atoms with Crippen LogP contribution in [0.4, 0.5) is 16.2 Å². The molecule has 2 N–H and O–H groups in total. The molecule has 0 aliphatic rings. The van der Waals surface area contributed by atoms with Crippen LogP contribution in [-0.2, 0) is 11.3 Å². The monoisotopic (exact) mass is 359 g/mol. The van der Waals surface area contributed by atoms with Gasteiger partial charge in [-0.1, -0.05) is 42.5 Å². The number of anilines is 2. The smallest absolute Gasteiger partial charge is 0.323 e. The highest BCUT2D eigenvalue weighted by Crippen LogP contribution is 2.26. The van der Waals surface area contributed by atoms with Gasteiger partial charge in [-0.05, 0) is 29.7 Å². The standard InChI is InChI=1S/C22H21N3O2/c1-27-15-14-25-13-12-18-20(10-5-11-21(18)25)24-22(26)23-19-9-4-7-16-6-2-3-8-17(16)19/h2-13H,14-15H2,1H3,(H2,23,24,26). The zero-order chi connectivity index (χ0) is 18.6. The molecule has 4 aromatic rings. The van der Waals surface area contributed by atoms with Gasteiger partial charge >= 0.3 is 6.03 Å². The first-order valence-electron chi connectivity index (χ1n) is 8.89. The lowest BCUT2D eigenvalue weighted by atomic mass is 10.1. The number of hydrogen-bond acceptors (Lipinski definition) is 2. The van der Waals surface area contributed by atoms with E-state index in [4.69, 9.17) is 4.74 Å². The molecule has 1 heterocycles. The molecule has 0 aliphatic carbocycles. The van der Waals surface area contributed by atoms with Crippen LogP contribution in [0.2, 0.25) is 0 Å². The van der Waals surface area contributed by atoms with Crippen molar-refractivity contribution in [3.8, 4) is 0 Å². The third-order valence-electron chi connectivity index (χ3n) is 4.64. The van der Waals surface area contributed by atoms with Crippen molar-refractivity contribution < 1.29 is 9.53 Å². The topological polar surface area (TPSA) is 55.3 Å². The number of aromatic nitrogens is 1. The summed E-state index contributed by atoms with van der Waals surface area (Å²) in [7, 11) is 1.69. The Balaban J connectivity index is 1.57. The summed E-state index contributed by atoms with van der Waals surface area (Å²) in [5, 5.41) is 9.04. The number of urea groups is 1. The van der Waals surface area contributed by atoms with Crippen molar-refractivity contribution in [1.82, 2.24) is 4.57 Å². The van der Waals surface area contributed by atoms with Crippen molar-refractivity contribution >= 4 is 39.1 Å². The fourth-order valence-electron chi connectivity index (χ4n) is 3.33. The fourth-order valence-corrected chi connectivity index (χ4v) is 3.33. The van der Waals surface area contributed by atoms with Crippen LogP contribution in [0, 0.1) is 0 Å². The number of amides is 2. The fraction of sp³-hybridized carbons (Fsp3) is 0.136. The summed E-state index contributed by atoms with van der Waals surface area (Å²) in [6.07, 6.45) is 2.01. The molecule has 27 heavy (non-hydrogen) atoms. The number of rotatable bonds is 5. The Morgan fingerprint density at radius 2 is 1.59 bits per heavy atom. The van der Waals surface area contributed by atoms with Crippen LogP contribution in [0.3, 0.4) is 0 Å². The quantitative estimate of drug-likeness (QED) is 0.522. The molecule has 1 aromatic heterocycles. The van der Waals surface area contributed by atoms with E-state index in [1.54, 1.807) is 7.11 Å². The van der Waals surface area contributed by atoms with Crippen molar-refractivity contribution in [2.75, 3.05) is 24.4 Å². The zero-order valence-corrected chi connectivity index (χ0v) is 15.1. The number of carbonyl (C=O) groups excluding carboxylic acids is 1. The molecule has 4 rings (SSSR count). The highest BCUT2D eigenvalue weighted by atomic mass is 16.5. The molecule has 0 radical (unpaired) electrons. The summed E-state index contributed by atoms with van der Waals surface area (Å²) in [5.74, 6) is 0. The van der Waals surface area contributed by atoms with Gasteiger partial charge < -0.3 is 19.9 Å². The summed E-state index contributed by atoms with van der Waals surface area (Å²) in [5.41, 5.74) is 2.63. The summed E-state index contributed by atoms with van der Waals surface area (Å²) in [6, 6.07) is 21.5. The van der Waals surface area contributed by atoms with Gasteiger partial charge in [0, 0.05) is 30.6 Å². The van der Waals surface area contributed by atoms with E-state index in [9.17, 15) is 4.79 Å². The van der Waals surface area contributed by atoms with E-state index in [0.717, 1.165) is 39.6 Å². The Morgan fingerprint density at radius 3 is 2.41 bits per heavy atom.